The Kier molecular flexibility index (Phi) is 17.5. The molecule has 0 aliphatic carbocycles. The Hall–Kier alpha value is -4.03. The fourth-order valence-corrected chi connectivity index (χ4v) is 5.57. The molecular weight excluding hydrogens is 676 g/mol. The Balaban J connectivity index is 0.00000358. The molecule has 288 valence electrons. The minimum absolute atomic E-state index is 0.139. The number of benzene rings is 3. The first kappa shape index (κ1) is 42.4. The Morgan fingerprint density at radius 3 is 1.96 bits per heavy atom. The van der Waals surface area contributed by atoms with Crippen LogP contribution in [0.3, 0.4) is 0 Å². The van der Waals surface area contributed by atoms with Crippen molar-refractivity contribution in [1.82, 2.24) is 14.5 Å². The highest BCUT2D eigenvalue weighted by molar-refractivity contribution is 5.88. The molecule has 52 heavy (non-hydrogen) atoms. The third-order valence-corrected chi connectivity index (χ3v) is 8.49. The average molecular weight is 733 g/mol. The van der Waals surface area contributed by atoms with Crippen LogP contribution in [0.25, 0.3) is 22.4 Å². The molecule has 12 heteroatoms. The van der Waals surface area contributed by atoms with E-state index in [2.05, 4.69) is 49.8 Å². The summed E-state index contributed by atoms with van der Waals surface area (Å²) < 4.78 is 81.0. The molecule has 0 fully saturated rings. The zero-order valence-electron chi connectivity index (χ0n) is 31.6. The molecular formula is C40H56F4N4O4. The molecule has 0 aliphatic rings. The van der Waals surface area contributed by atoms with E-state index in [1.54, 1.807) is 18.2 Å². The second-order valence-corrected chi connectivity index (χ2v) is 12.3. The standard InChI is InChI=1S/C39H51F4N3O4.CH5N/c1-6-11-20-46-34-25-30(47-21-12-7-2)27-36(49-23-14-19-45(9-4)10-5)37(34)44-38(46)31-17-15-29(26-35(31)48-22-13-8-3)50-28-16-18-33(40)32(24-28)39(41,42)43;1-2/h15-18,24-27H,6-14,19-23H2,1-5H3;2H2,1H3. The van der Waals surface area contributed by atoms with Crippen molar-refractivity contribution in [1.29, 1.82) is 0 Å². The molecule has 1 aromatic heterocycles. The summed E-state index contributed by atoms with van der Waals surface area (Å²) in [5.41, 5.74) is 5.41. The summed E-state index contributed by atoms with van der Waals surface area (Å²) in [4.78, 5) is 7.52. The highest BCUT2D eigenvalue weighted by Crippen LogP contribution is 2.41. The van der Waals surface area contributed by atoms with Crippen molar-refractivity contribution >= 4 is 11.0 Å². The zero-order valence-corrected chi connectivity index (χ0v) is 31.6. The van der Waals surface area contributed by atoms with Crippen molar-refractivity contribution in [2.75, 3.05) is 46.5 Å². The van der Waals surface area contributed by atoms with Gasteiger partial charge in [0.15, 0.2) is 5.75 Å². The second-order valence-electron chi connectivity index (χ2n) is 12.3. The molecule has 1 heterocycles. The molecule has 0 spiro atoms. The number of nitrogens with zero attached hydrogens (tertiary/aromatic N) is 3. The van der Waals surface area contributed by atoms with Gasteiger partial charge in [-0.25, -0.2) is 9.37 Å². The summed E-state index contributed by atoms with van der Waals surface area (Å²) in [5, 5.41) is 0. The van der Waals surface area contributed by atoms with Crippen LogP contribution in [0.1, 0.15) is 85.1 Å². The number of ether oxygens (including phenoxy) is 4. The van der Waals surface area contributed by atoms with Crippen LogP contribution in [0, 0.1) is 5.82 Å². The molecule has 0 unspecified atom stereocenters. The van der Waals surface area contributed by atoms with Crippen LogP contribution in [0.2, 0.25) is 0 Å². The fourth-order valence-electron chi connectivity index (χ4n) is 5.57. The van der Waals surface area contributed by atoms with Crippen LogP contribution in [-0.2, 0) is 12.7 Å². The minimum atomic E-state index is -4.85. The van der Waals surface area contributed by atoms with Gasteiger partial charge in [-0.05, 0) is 76.2 Å². The predicted molar refractivity (Wildman–Crippen MR) is 200 cm³/mol. The van der Waals surface area contributed by atoms with Crippen molar-refractivity contribution < 1.29 is 36.5 Å². The molecule has 0 amide bonds. The number of halogens is 4. The van der Waals surface area contributed by atoms with E-state index in [1.165, 1.54) is 13.1 Å². The first-order valence-electron chi connectivity index (χ1n) is 18.5. The van der Waals surface area contributed by atoms with Crippen LogP contribution in [-0.4, -0.2) is 61.0 Å². The fraction of sp³-hybridized carbons (Fsp3) is 0.525. The van der Waals surface area contributed by atoms with Gasteiger partial charge in [0.25, 0.3) is 0 Å². The molecule has 4 rings (SSSR count). The molecule has 2 N–H and O–H groups in total. The number of nitrogens with two attached hydrogens (primary N) is 1. The first-order chi connectivity index (χ1) is 25.1. The number of fused-ring (bicyclic) bond motifs is 1. The van der Waals surface area contributed by atoms with Crippen molar-refractivity contribution in [2.45, 2.75) is 92.3 Å². The van der Waals surface area contributed by atoms with Crippen LogP contribution in [0.15, 0.2) is 48.5 Å². The number of unbranched alkanes of at least 4 members (excludes halogenated alkanes) is 3. The maximum Gasteiger partial charge on any atom is 0.419 e. The molecule has 0 atom stereocenters. The first-order valence-corrected chi connectivity index (χ1v) is 18.5. The van der Waals surface area contributed by atoms with Gasteiger partial charge in [-0.2, -0.15) is 13.2 Å². The Morgan fingerprint density at radius 1 is 0.712 bits per heavy atom. The molecule has 8 nitrogen and oxygen atoms in total. The van der Waals surface area contributed by atoms with Crippen molar-refractivity contribution in [3.05, 3.63) is 59.9 Å². The van der Waals surface area contributed by atoms with Crippen LogP contribution in [0.5, 0.6) is 28.7 Å². The van der Waals surface area contributed by atoms with Crippen molar-refractivity contribution in [3.8, 4) is 40.1 Å². The molecule has 4 aromatic rings. The third kappa shape index (κ3) is 11.7. The maximum absolute atomic E-state index is 14.0. The number of rotatable bonds is 21. The van der Waals surface area contributed by atoms with Gasteiger partial charge < -0.3 is 34.1 Å². The van der Waals surface area contributed by atoms with Crippen molar-refractivity contribution in [2.24, 2.45) is 5.73 Å². The quantitative estimate of drug-likeness (QED) is 0.0674. The van der Waals surface area contributed by atoms with E-state index >= 15 is 0 Å². The van der Waals surface area contributed by atoms with E-state index in [0.717, 1.165) is 81.9 Å². The Morgan fingerprint density at radius 2 is 1.31 bits per heavy atom. The number of aromatic nitrogens is 2. The van der Waals surface area contributed by atoms with Crippen molar-refractivity contribution in [3.63, 3.8) is 0 Å². The third-order valence-electron chi connectivity index (χ3n) is 8.49. The summed E-state index contributed by atoms with van der Waals surface area (Å²) in [6.07, 6.45) is 1.53. The summed E-state index contributed by atoms with van der Waals surface area (Å²) in [5.74, 6) is 1.26. The molecule has 0 radical (unpaired) electrons. The molecule has 0 aliphatic heterocycles. The Bertz CT molecular complexity index is 1660. The van der Waals surface area contributed by atoms with Crippen LogP contribution in [0.4, 0.5) is 17.6 Å². The van der Waals surface area contributed by atoms with Gasteiger partial charge in [0.1, 0.15) is 40.2 Å². The van der Waals surface area contributed by atoms with Gasteiger partial charge >= 0.3 is 6.18 Å². The highest BCUT2D eigenvalue weighted by atomic mass is 19.4. The van der Waals surface area contributed by atoms with Gasteiger partial charge in [0.05, 0.1) is 36.5 Å². The largest absolute Gasteiger partial charge is 0.493 e. The lowest BCUT2D eigenvalue weighted by atomic mass is 10.1. The maximum atomic E-state index is 14.0. The summed E-state index contributed by atoms with van der Waals surface area (Å²) in [7, 11) is 1.50. The number of aryl methyl sites for hydroxylation is 1. The van der Waals surface area contributed by atoms with E-state index in [1.807, 2.05) is 12.1 Å². The van der Waals surface area contributed by atoms with E-state index in [-0.39, 0.29) is 11.5 Å². The molecule has 0 saturated carbocycles. The van der Waals surface area contributed by atoms with E-state index in [9.17, 15) is 17.6 Å². The predicted octanol–water partition coefficient (Wildman–Crippen LogP) is 10.5. The topological polar surface area (TPSA) is 84.0 Å². The smallest absolute Gasteiger partial charge is 0.419 e. The average Bonchev–Trinajstić information content (AvgIpc) is 3.50. The number of hydrogen-bond donors (Lipinski definition) is 1. The number of alkyl halides is 3. The summed E-state index contributed by atoms with van der Waals surface area (Å²) in [6, 6.07) is 11.6. The van der Waals surface area contributed by atoms with Crippen LogP contribution < -0.4 is 24.7 Å². The molecule has 3 aromatic carbocycles. The Labute approximate surface area is 306 Å². The van der Waals surface area contributed by atoms with Gasteiger partial charge in [-0.1, -0.05) is 53.9 Å². The SMILES string of the molecule is CCCCOc1cc(OCCCN(CC)CC)c2nc(-c3ccc(Oc4ccc(F)c(C(F)(F)F)c4)cc3OCCCC)n(CCCC)c2c1.CN. The minimum Gasteiger partial charge on any atom is -0.493 e. The monoisotopic (exact) mass is 732 g/mol. The zero-order chi connectivity index (χ0) is 38.1. The van der Waals surface area contributed by atoms with Gasteiger partial charge in [0.2, 0.25) is 0 Å². The van der Waals surface area contributed by atoms with E-state index < -0.39 is 17.6 Å². The summed E-state index contributed by atoms with van der Waals surface area (Å²) >= 11 is 0. The van der Waals surface area contributed by atoms with Gasteiger partial charge in [0, 0.05) is 31.3 Å². The molecule has 0 bridgehead atoms. The second kappa shape index (κ2) is 21.5. The number of hydrogen-bond acceptors (Lipinski definition) is 7. The lowest BCUT2D eigenvalue weighted by Gasteiger charge is -2.18. The van der Waals surface area contributed by atoms with Gasteiger partial charge in [-0.15, -0.1) is 0 Å². The van der Waals surface area contributed by atoms with Gasteiger partial charge in [-0.3, -0.25) is 0 Å². The van der Waals surface area contributed by atoms with Crippen LogP contribution >= 0.6 is 0 Å². The van der Waals surface area contributed by atoms with E-state index in [4.69, 9.17) is 23.9 Å². The summed E-state index contributed by atoms with van der Waals surface area (Å²) in [6.45, 7) is 15.8. The lowest BCUT2D eigenvalue weighted by Crippen LogP contribution is -2.25. The lowest BCUT2D eigenvalue weighted by molar-refractivity contribution is -0.140. The normalized spacial score (nSPS) is 11.5. The number of imidazole rings is 1. The highest BCUT2D eigenvalue weighted by Gasteiger charge is 2.34. The van der Waals surface area contributed by atoms with E-state index in [0.29, 0.717) is 60.8 Å². The molecule has 0 saturated heterocycles.